The summed E-state index contributed by atoms with van der Waals surface area (Å²) in [6.07, 6.45) is 1.56. The van der Waals surface area contributed by atoms with Gasteiger partial charge in [-0.1, -0.05) is 0 Å². The predicted octanol–water partition coefficient (Wildman–Crippen LogP) is 1.36. The van der Waals surface area contributed by atoms with Crippen LogP contribution in [-0.4, -0.2) is 51.5 Å². The molecular weight excluding hydrogens is 337 g/mol. The molecule has 1 aromatic carbocycles. The van der Waals surface area contributed by atoms with Gasteiger partial charge in [-0.25, -0.2) is 14.2 Å². The fourth-order valence-electron chi connectivity index (χ4n) is 3.28. The normalized spacial score (nSPS) is 14.8. The first-order valence-electron chi connectivity index (χ1n) is 8.38. The van der Waals surface area contributed by atoms with Crippen LogP contribution in [0.25, 0.3) is 11.0 Å². The van der Waals surface area contributed by atoms with Crippen molar-refractivity contribution in [3.05, 3.63) is 58.4 Å². The van der Waals surface area contributed by atoms with Crippen LogP contribution >= 0.6 is 0 Å². The summed E-state index contributed by atoms with van der Waals surface area (Å²) in [6, 6.07) is 8.13. The molecule has 7 nitrogen and oxygen atoms in total. The SMILES string of the molecule is Cn1c(=O)[nH]c2cc(C(=O)N3CCN(c4ncccc4F)CC3)ccc21. The Morgan fingerprint density at radius 3 is 2.69 bits per heavy atom. The number of H-pyrrole nitrogens is 1. The van der Waals surface area contributed by atoms with Crippen LogP contribution in [0.1, 0.15) is 10.4 Å². The lowest BCUT2D eigenvalue weighted by atomic mass is 10.1. The molecule has 0 aliphatic carbocycles. The van der Waals surface area contributed by atoms with E-state index in [1.165, 1.54) is 10.6 Å². The Kier molecular flexibility index (Phi) is 3.95. The van der Waals surface area contributed by atoms with Crippen LogP contribution < -0.4 is 10.6 Å². The number of carbonyl (C=O) groups excluding carboxylic acids is 1. The second kappa shape index (κ2) is 6.29. The smallest absolute Gasteiger partial charge is 0.326 e. The third-order valence-corrected chi connectivity index (χ3v) is 4.76. The second-order valence-electron chi connectivity index (χ2n) is 6.31. The number of pyridine rings is 1. The van der Waals surface area contributed by atoms with E-state index in [1.54, 1.807) is 42.4 Å². The molecular formula is C18H18FN5O2. The maximum Gasteiger partial charge on any atom is 0.326 e. The lowest BCUT2D eigenvalue weighted by Gasteiger charge is -2.35. The van der Waals surface area contributed by atoms with Crippen LogP contribution in [0.3, 0.4) is 0 Å². The van der Waals surface area contributed by atoms with Gasteiger partial charge >= 0.3 is 5.69 Å². The van der Waals surface area contributed by atoms with E-state index in [9.17, 15) is 14.0 Å². The third kappa shape index (κ3) is 2.73. The number of hydrogen-bond donors (Lipinski definition) is 1. The number of piperazine rings is 1. The highest BCUT2D eigenvalue weighted by Crippen LogP contribution is 2.19. The predicted molar refractivity (Wildman–Crippen MR) is 95.9 cm³/mol. The number of halogens is 1. The maximum absolute atomic E-state index is 13.9. The summed E-state index contributed by atoms with van der Waals surface area (Å²) in [5.41, 5.74) is 1.70. The number of carbonyl (C=O) groups is 1. The van der Waals surface area contributed by atoms with Gasteiger partial charge in [-0.2, -0.15) is 0 Å². The molecule has 4 rings (SSSR count). The summed E-state index contributed by atoms with van der Waals surface area (Å²) >= 11 is 0. The molecule has 1 aliphatic rings. The van der Waals surface area contributed by atoms with Crippen LogP contribution in [0, 0.1) is 5.82 Å². The number of nitrogens with zero attached hydrogens (tertiary/aromatic N) is 4. The molecule has 134 valence electrons. The van der Waals surface area contributed by atoms with Gasteiger partial charge in [0.1, 0.15) is 0 Å². The Morgan fingerprint density at radius 2 is 1.96 bits per heavy atom. The maximum atomic E-state index is 13.9. The number of benzene rings is 1. The molecule has 0 spiro atoms. The summed E-state index contributed by atoms with van der Waals surface area (Å²) in [7, 11) is 1.68. The summed E-state index contributed by atoms with van der Waals surface area (Å²) in [6.45, 7) is 2.00. The molecule has 0 saturated carbocycles. The lowest BCUT2D eigenvalue weighted by Crippen LogP contribution is -2.49. The van der Waals surface area contributed by atoms with Crippen molar-refractivity contribution in [3.63, 3.8) is 0 Å². The molecule has 1 amide bonds. The van der Waals surface area contributed by atoms with Gasteiger partial charge in [-0.05, 0) is 30.3 Å². The first-order valence-corrected chi connectivity index (χ1v) is 8.38. The average Bonchev–Trinajstić information content (AvgIpc) is 2.95. The molecule has 1 saturated heterocycles. The minimum absolute atomic E-state index is 0.0993. The van der Waals surface area contributed by atoms with E-state index in [4.69, 9.17) is 0 Å². The van der Waals surface area contributed by atoms with Gasteiger partial charge in [0.25, 0.3) is 5.91 Å². The van der Waals surface area contributed by atoms with Crippen molar-refractivity contribution in [2.45, 2.75) is 0 Å². The topological polar surface area (TPSA) is 74.2 Å². The summed E-state index contributed by atoms with van der Waals surface area (Å²) in [5.74, 6) is -0.133. The van der Waals surface area contributed by atoms with E-state index in [0.29, 0.717) is 43.1 Å². The van der Waals surface area contributed by atoms with Gasteiger partial charge in [0.15, 0.2) is 11.6 Å². The quantitative estimate of drug-likeness (QED) is 0.753. The van der Waals surface area contributed by atoms with Crippen LogP contribution in [-0.2, 0) is 7.05 Å². The van der Waals surface area contributed by atoms with Crippen LogP contribution in [0.4, 0.5) is 10.2 Å². The van der Waals surface area contributed by atoms with Gasteiger partial charge in [0.2, 0.25) is 0 Å². The Morgan fingerprint density at radius 1 is 1.19 bits per heavy atom. The van der Waals surface area contributed by atoms with Gasteiger partial charge in [-0.3, -0.25) is 9.36 Å². The van der Waals surface area contributed by atoms with Crippen molar-refractivity contribution in [3.8, 4) is 0 Å². The van der Waals surface area contributed by atoms with Crippen molar-refractivity contribution in [1.29, 1.82) is 0 Å². The van der Waals surface area contributed by atoms with Crippen LogP contribution in [0.2, 0.25) is 0 Å². The first kappa shape index (κ1) is 16.3. The van der Waals surface area contributed by atoms with Crippen molar-refractivity contribution >= 4 is 22.8 Å². The molecule has 26 heavy (non-hydrogen) atoms. The molecule has 0 bridgehead atoms. The fourth-order valence-corrected chi connectivity index (χ4v) is 3.28. The Balaban J connectivity index is 1.50. The number of fused-ring (bicyclic) bond motifs is 1. The number of amides is 1. The molecule has 1 fully saturated rings. The minimum atomic E-state index is -0.356. The zero-order valence-electron chi connectivity index (χ0n) is 14.3. The monoisotopic (exact) mass is 355 g/mol. The zero-order valence-corrected chi connectivity index (χ0v) is 14.3. The number of aromatic nitrogens is 3. The van der Waals surface area contributed by atoms with Crippen molar-refractivity contribution in [1.82, 2.24) is 19.4 Å². The molecule has 2 aromatic heterocycles. The van der Waals surface area contributed by atoms with E-state index >= 15 is 0 Å². The number of aryl methyl sites for hydroxylation is 1. The molecule has 0 unspecified atom stereocenters. The fraction of sp³-hybridized carbons (Fsp3) is 0.278. The molecule has 1 N–H and O–H groups in total. The zero-order chi connectivity index (χ0) is 18.3. The second-order valence-corrected chi connectivity index (χ2v) is 6.31. The number of aromatic amines is 1. The molecule has 1 aliphatic heterocycles. The van der Waals surface area contributed by atoms with E-state index in [0.717, 1.165) is 5.52 Å². The molecule has 3 aromatic rings. The van der Waals surface area contributed by atoms with E-state index in [2.05, 4.69) is 9.97 Å². The lowest BCUT2D eigenvalue weighted by molar-refractivity contribution is 0.0746. The molecule has 8 heteroatoms. The van der Waals surface area contributed by atoms with Gasteiger partial charge in [-0.15, -0.1) is 0 Å². The van der Waals surface area contributed by atoms with Crippen molar-refractivity contribution in [2.24, 2.45) is 7.05 Å². The number of nitrogens with one attached hydrogen (secondary N) is 1. The summed E-state index contributed by atoms with van der Waals surface area (Å²) in [5, 5.41) is 0. The standard InChI is InChI=1S/C18H18FN5O2/c1-22-15-5-4-12(11-14(15)21-18(22)26)17(25)24-9-7-23(8-10-24)16-13(19)3-2-6-20-16/h2-6,11H,7-10H2,1H3,(H,21,26). The summed E-state index contributed by atoms with van der Waals surface area (Å²) < 4.78 is 15.4. The number of hydrogen-bond acceptors (Lipinski definition) is 4. The average molecular weight is 355 g/mol. The molecule has 0 atom stereocenters. The third-order valence-electron chi connectivity index (χ3n) is 4.76. The largest absolute Gasteiger partial charge is 0.351 e. The highest BCUT2D eigenvalue weighted by molar-refractivity contribution is 5.97. The van der Waals surface area contributed by atoms with Crippen molar-refractivity contribution in [2.75, 3.05) is 31.1 Å². The molecule has 3 heterocycles. The van der Waals surface area contributed by atoms with E-state index in [1.807, 2.05) is 4.90 Å². The number of imidazole rings is 1. The first-order chi connectivity index (χ1) is 12.5. The Labute approximate surface area is 148 Å². The number of anilines is 1. The Bertz CT molecular complexity index is 1030. The summed E-state index contributed by atoms with van der Waals surface area (Å²) in [4.78, 5) is 34.9. The van der Waals surface area contributed by atoms with E-state index < -0.39 is 0 Å². The minimum Gasteiger partial charge on any atom is -0.351 e. The van der Waals surface area contributed by atoms with E-state index in [-0.39, 0.29) is 17.4 Å². The van der Waals surface area contributed by atoms with Crippen LogP contribution in [0.5, 0.6) is 0 Å². The Hall–Kier alpha value is -3.16. The highest BCUT2D eigenvalue weighted by Gasteiger charge is 2.24. The van der Waals surface area contributed by atoms with Crippen molar-refractivity contribution < 1.29 is 9.18 Å². The van der Waals surface area contributed by atoms with Gasteiger partial charge in [0.05, 0.1) is 11.0 Å². The molecule has 0 radical (unpaired) electrons. The van der Waals surface area contributed by atoms with Crippen LogP contribution in [0.15, 0.2) is 41.3 Å². The van der Waals surface area contributed by atoms with Gasteiger partial charge < -0.3 is 14.8 Å². The number of rotatable bonds is 2. The van der Waals surface area contributed by atoms with Gasteiger partial charge in [0, 0.05) is 45.0 Å². The highest BCUT2D eigenvalue weighted by atomic mass is 19.1.